The van der Waals surface area contributed by atoms with E-state index >= 15 is 0 Å². The van der Waals surface area contributed by atoms with Gasteiger partial charge in [-0.2, -0.15) is 0 Å². The standard InChI is InChI=1S/C15H23NO4/c1-5-19-12-6-8-13(9-7-12)20-11-10-16(4)15(2,3)14(17)18/h6-9H,5,10-11H2,1-4H3,(H,17,18). The first kappa shape index (κ1) is 16.3. The van der Waals surface area contributed by atoms with E-state index in [1.54, 1.807) is 25.8 Å². The van der Waals surface area contributed by atoms with Gasteiger partial charge in [-0.3, -0.25) is 9.69 Å². The van der Waals surface area contributed by atoms with E-state index in [-0.39, 0.29) is 0 Å². The second-order valence-electron chi connectivity index (χ2n) is 5.04. The van der Waals surface area contributed by atoms with Gasteiger partial charge in [0.25, 0.3) is 0 Å². The summed E-state index contributed by atoms with van der Waals surface area (Å²) < 4.78 is 10.9. The number of carboxylic acids is 1. The fourth-order valence-corrected chi connectivity index (χ4v) is 1.54. The van der Waals surface area contributed by atoms with Crippen LogP contribution in [0.25, 0.3) is 0 Å². The van der Waals surface area contributed by atoms with Crippen LogP contribution >= 0.6 is 0 Å². The highest BCUT2D eigenvalue weighted by Crippen LogP contribution is 2.18. The Labute approximate surface area is 120 Å². The first-order valence-corrected chi connectivity index (χ1v) is 6.68. The zero-order valence-electron chi connectivity index (χ0n) is 12.5. The molecule has 0 fully saturated rings. The third-order valence-corrected chi connectivity index (χ3v) is 3.31. The number of carboxylic acid groups (broad SMARTS) is 1. The Morgan fingerprint density at radius 3 is 2.15 bits per heavy atom. The zero-order valence-corrected chi connectivity index (χ0v) is 12.5. The molecule has 0 aliphatic rings. The minimum atomic E-state index is -0.901. The number of likely N-dealkylation sites (N-methyl/N-ethyl adjacent to an activating group) is 1. The molecule has 0 heterocycles. The summed E-state index contributed by atoms with van der Waals surface area (Å²) >= 11 is 0. The van der Waals surface area contributed by atoms with E-state index in [0.717, 1.165) is 11.5 Å². The van der Waals surface area contributed by atoms with Gasteiger partial charge in [-0.1, -0.05) is 0 Å². The monoisotopic (exact) mass is 281 g/mol. The Balaban J connectivity index is 2.42. The molecule has 0 amide bonds. The Kier molecular flexibility index (Phi) is 5.82. The Morgan fingerprint density at radius 2 is 1.70 bits per heavy atom. The van der Waals surface area contributed by atoms with Gasteiger partial charge in [-0.05, 0) is 52.1 Å². The van der Waals surface area contributed by atoms with Crippen LogP contribution in [0.1, 0.15) is 20.8 Å². The molecule has 0 radical (unpaired) electrons. The van der Waals surface area contributed by atoms with E-state index in [0.29, 0.717) is 19.8 Å². The Hall–Kier alpha value is -1.75. The third-order valence-electron chi connectivity index (χ3n) is 3.31. The SMILES string of the molecule is CCOc1ccc(OCCN(C)C(C)(C)C(=O)O)cc1. The summed E-state index contributed by atoms with van der Waals surface area (Å²) in [5.74, 6) is 0.708. The Morgan fingerprint density at radius 1 is 1.20 bits per heavy atom. The molecular weight excluding hydrogens is 258 g/mol. The van der Waals surface area contributed by atoms with Gasteiger partial charge >= 0.3 is 5.97 Å². The summed E-state index contributed by atoms with van der Waals surface area (Å²) in [4.78, 5) is 12.9. The van der Waals surface area contributed by atoms with Crippen LogP contribution in [-0.2, 0) is 4.79 Å². The molecule has 0 atom stereocenters. The minimum Gasteiger partial charge on any atom is -0.494 e. The first-order chi connectivity index (χ1) is 9.37. The molecule has 0 unspecified atom stereocenters. The molecule has 1 N–H and O–H groups in total. The van der Waals surface area contributed by atoms with Crippen molar-refractivity contribution < 1.29 is 19.4 Å². The largest absolute Gasteiger partial charge is 0.494 e. The van der Waals surface area contributed by atoms with Gasteiger partial charge in [0, 0.05) is 6.54 Å². The fraction of sp³-hybridized carbons (Fsp3) is 0.533. The van der Waals surface area contributed by atoms with Gasteiger partial charge in [0.2, 0.25) is 0 Å². The van der Waals surface area contributed by atoms with Gasteiger partial charge in [0.1, 0.15) is 23.6 Å². The average Bonchev–Trinajstić information content (AvgIpc) is 2.40. The van der Waals surface area contributed by atoms with Crippen LogP contribution in [-0.4, -0.2) is 48.3 Å². The highest BCUT2D eigenvalue weighted by molar-refractivity contribution is 5.77. The molecule has 1 aromatic rings. The predicted octanol–water partition coefficient (Wildman–Crippen LogP) is 2.26. The maximum atomic E-state index is 11.1. The van der Waals surface area contributed by atoms with Crippen LogP contribution in [0.3, 0.4) is 0 Å². The van der Waals surface area contributed by atoms with Crippen LogP contribution in [0.2, 0.25) is 0 Å². The molecule has 0 saturated carbocycles. The first-order valence-electron chi connectivity index (χ1n) is 6.68. The van der Waals surface area contributed by atoms with E-state index in [4.69, 9.17) is 14.6 Å². The number of ether oxygens (including phenoxy) is 2. The van der Waals surface area contributed by atoms with Crippen LogP contribution in [0, 0.1) is 0 Å². The van der Waals surface area contributed by atoms with Crippen molar-refractivity contribution in [3.05, 3.63) is 24.3 Å². The molecule has 0 aromatic heterocycles. The van der Waals surface area contributed by atoms with E-state index < -0.39 is 11.5 Å². The van der Waals surface area contributed by atoms with E-state index in [1.165, 1.54) is 0 Å². The second kappa shape index (κ2) is 7.14. The fourth-order valence-electron chi connectivity index (χ4n) is 1.54. The minimum absolute atomic E-state index is 0.432. The lowest BCUT2D eigenvalue weighted by Gasteiger charge is -2.31. The normalized spacial score (nSPS) is 11.4. The quantitative estimate of drug-likeness (QED) is 0.792. The molecule has 1 aromatic carbocycles. The maximum absolute atomic E-state index is 11.1. The van der Waals surface area contributed by atoms with E-state index in [9.17, 15) is 4.79 Å². The lowest BCUT2D eigenvalue weighted by atomic mass is 10.0. The summed E-state index contributed by atoms with van der Waals surface area (Å²) in [6, 6.07) is 7.38. The number of nitrogens with zero attached hydrogens (tertiary/aromatic N) is 1. The van der Waals surface area contributed by atoms with Crippen molar-refractivity contribution in [3.8, 4) is 11.5 Å². The van der Waals surface area contributed by atoms with Crippen molar-refractivity contribution in [2.75, 3.05) is 26.8 Å². The van der Waals surface area contributed by atoms with Crippen molar-refractivity contribution in [1.29, 1.82) is 0 Å². The molecule has 1 rings (SSSR count). The van der Waals surface area contributed by atoms with Gasteiger partial charge in [-0.15, -0.1) is 0 Å². The molecule has 0 aliphatic heterocycles. The van der Waals surface area contributed by atoms with E-state index in [2.05, 4.69) is 0 Å². The average molecular weight is 281 g/mol. The van der Waals surface area contributed by atoms with Crippen molar-refractivity contribution >= 4 is 5.97 Å². The van der Waals surface area contributed by atoms with Crippen molar-refractivity contribution in [2.45, 2.75) is 26.3 Å². The molecule has 20 heavy (non-hydrogen) atoms. The molecule has 0 bridgehead atoms. The molecule has 5 heteroatoms. The van der Waals surface area contributed by atoms with Crippen molar-refractivity contribution in [1.82, 2.24) is 4.90 Å². The molecule has 0 spiro atoms. The van der Waals surface area contributed by atoms with Crippen LogP contribution in [0.5, 0.6) is 11.5 Å². The number of benzene rings is 1. The summed E-state index contributed by atoms with van der Waals surface area (Å²) in [7, 11) is 1.77. The highest BCUT2D eigenvalue weighted by atomic mass is 16.5. The lowest BCUT2D eigenvalue weighted by Crippen LogP contribution is -2.49. The van der Waals surface area contributed by atoms with Gasteiger partial charge in [-0.25, -0.2) is 0 Å². The number of carbonyl (C=O) groups is 1. The van der Waals surface area contributed by atoms with Gasteiger partial charge < -0.3 is 14.6 Å². The lowest BCUT2D eigenvalue weighted by molar-refractivity contribution is -0.148. The molecule has 112 valence electrons. The number of aliphatic carboxylic acids is 1. The predicted molar refractivity (Wildman–Crippen MR) is 77.5 cm³/mol. The van der Waals surface area contributed by atoms with Crippen molar-refractivity contribution in [2.24, 2.45) is 0 Å². The van der Waals surface area contributed by atoms with Crippen LogP contribution < -0.4 is 9.47 Å². The summed E-state index contributed by atoms with van der Waals surface area (Å²) in [5.41, 5.74) is -0.901. The van der Waals surface area contributed by atoms with Gasteiger partial charge in [0.15, 0.2) is 0 Å². The zero-order chi connectivity index (χ0) is 15.2. The summed E-state index contributed by atoms with van der Waals surface area (Å²) in [6.45, 7) is 6.88. The van der Waals surface area contributed by atoms with Crippen LogP contribution in [0.15, 0.2) is 24.3 Å². The molecule has 0 aliphatic carbocycles. The van der Waals surface area contributed by atoms with Crippen molar-refractivity contribution in [3.63, 3.8) is 0 Å². The molecular formula is C15H23NO4. The number of rotatable bonds is 8. The smallest absolute Gasteiger partial charge is 0.323 e. The second-order valence-corrected chi connectivity index (χ2v) is 5.04. The summed E-state index contributed by atoms with van der Waals surface area (Å²) in [6.07, 6.45) is 0. The highest BCUT2D eigenvalue weighted by Gasteiger charge is 2.31. The van der Waals surface area contributed by atoms with Gasteiger partial charge in [0.05, 0.1) is 6.61 Å². The van der Waals surface area contributed by atoms with Crippen LogP contribution in [0.4, 0.5) is 0 Å². The van der Waals surface area contributed by atoms with E-state index in [1.807, 2.05) is 31.2 Å². The number of hydrogen-bond donors (Lipinski definition) is 1. The number of hydrogen-bond acceptors (Lipinski definition) is 4. The topological polar surface area (TPSA) is 59.0 Å². The third kappa shape index (κ3) is 4.42. The maximum Gasteiger partial charge on any atom is 0.323 e. The Bertz CT molecular complexity index is 428. The molecule has 5 nitrogen and oxygen atoms in total. The summed E-state index contributed by atoms with van der Waals surface area (Å²) in [5, 5.41) is 9.11. The molecule has 0 saturated heterocycles.